The van der Waals surface area contributed by atoms with Gasteiger partial charge in [0.2, 0.25) is 0 Å². The highest BCUT2D eigenvalue weighted by Crippen LogP contribution is 2.40. The molecule has 2 aromatic rings. The van der Waals surface area contributed by atoms with Gasteiger partial charge in [0, 0.05) is 13.6 Å². The largest absolute Gasteiger partial charge is 0.466 e. The van der Waals surface area contributed by atoms with E-state index in [-0.39, 0.29) is 23.3 Å². The van der Waals surface area contributed by atoms with Gasteiger partial charge in [-0.1, -0.05) is 30.3 Å². The van der Waals surface area contributed by atoms with Gasteiger partial charge in [0.25, 0.3) is 10.0 Å². The molecule has 3 rings (SSSR count). The monoisotopic (exact) mass is 388 g/mol. The Balaban J connectivity index is 2.07. The predicted molar refractivity (Wildman–Crippen MR) is 104 cm³/mol. The zero-order chi connectivity index (χ0) is 19.6. The molecule has 0 saturated heterocycles. The number of esters is 1. The van der Waals surface area contributed by atoms with Gasteiger partial charge >= 0.3 is 5.97 Å². The van der Waals surface area contributed by atoms with E-state index in [0.717, 1.165) is 11.1 Å². The maximum Gasteiger partial charge on any atom is 0.307 e. The lowest BCUT2D eigenvalue weighted by atomic mass is 9.96. The van der Waals surface area contributed by atoms with Crippen molar-refractivity contribution in [3.63, 3.8) is 0 Å². The Morgan fingerprint density at radius 1 is 1.19 bits per heavy atom. The van der Waals surface area contributed by atoms with Crippen molar-refractivity contribution in [2.45, 2.75) is 31.2 Å². The fourth-order valence-electron chi connectivity index (χ4n) is 3.34. The molecule has 1 N–H and O–H groups in total. The minimum atomic E-state index is -3.67. The molecule has 0 aromatic heterocycles. The van der Waals surface area contributed by atoms with Gasteiger partial charge in [-0.05, 0) is 42.7 Å². The van der Waals surface area contributed by atoms with E-state index in [1.54, 1.807) is 26.1 Å². The van der Waals surface area contributed by atoms with Crippen LogP contribution < -0.4 is 9.62 Å². The summed E-state index contributed by atoms with van der Waals surface area (Å²) in [7, 11) is -2.10. The number of aryl methyl sites for hydroxylation is 1. The molecule has 1 heterocycles. The summed E-state index contributed by atoms with van der Waals surface area (Å²) in [4.78, 5) is 12.0. The van der Waals surface area contributed by atoms with Gasteiger partial charge in [0.1, 0.15) is 0 Å². The number of fused-ring (bicyclic) bond motifs is 2. The van der Waals surface area contributed by atoms with Crippen molar-refractivity contribution in [2.75, 3.05) is 24.5 Å². The van der Waals surface area contributed by atoms with Crippen molar-refractivity contribution in [2.24, 2.45) is 0 Å². The van der Waals surface area contributed by atoms with Gasteiger partial charge in [-0.25, -0.2) is 8.42 Å². The molecule has 6 nitrogen and oxygen atoms in total. The molecule has 144 valence electrons. The van der Waals surface area contributed by atoms with E-state index in [9.17, 15) is 13.2 Å². The number of hydrogen-bond donors (Lipinski definition) is 1. The maximum atomic E-state index is 13.2. The highest BCUT2D eigenvalue weighted by Gasteiger charge is 2.34. The summed E-state index contributed by atoms with van der Waals surface area (Å²) in [6.45, 7) is 4.37. The van der Waals surface area contributed by atoms with Crippen LogP contribution in [0.5, 0.6) is 0 Å². The normalized spacial score (nSPS) is 17.6. The number of para-hydroxylation sites is 1. The summed E-state index contributed by atoms with van der Waals surface area (Å²) in [5.41, 5.74) is 3.04. The van der Waals surface area contributed by atoms with Gasteiger partial charge in [-0.3, -0.25) is 9.10 Å². The lowest BCUT2D eigenvalue weighted by Crippen LogP contribution is -2.26. The number of nitrogens with one attached hydrogen (secondary N) is 1. The summed E-state index contributed by atoms with van der Waals surface area (Å²) >= 11 is 0. The first kappa shape index (κ1) is 19.4. The topological polar surface area (TPSA) is 75.7 Å². The van der Waals surface area contributed by atoms with Crippen LogP contribution in [0.4, 0.5) is 5.69 Å². The number of ether oxygens (including phenoxy) is 1. The number of anilines is 1. The van der Waals surface area contributed by atoms with E-state index in [1.807, 2.05) is 37.3 Å². The van der Waals surface area contributed by atoms with Crippen LogP contribution in [0, 0.1) is 6.92 Å². The summed E-state index contributed by atoms with van der Waals surface area (Å²) < 4.78 is 32.7. The smallest absolute Gasteiger partial charge is 0.307 e. The first-order valence-electron chi connectivity index (χ1n) is 8.93. The van der Waals surface area contributed by atoms with Crippen LogP contribution in [-0.2, 0) is 19.6 Å². The second kappa shape index (κ2) is 7.70. The molecule has 0 bridgehead atoms. The van der Waals surface area contributed by atoms with Crippen LogP contribution >= 0.6 is 0 Å². The molecule has 0 saturated carbocycles. The lowest BCUT2D eigenvalue weighted by Gasteiger charge is -2.22. The van der Waals surface area contributed by atoms with Gasteiger partial charge in [0.15, 0.2) is 0 Å². The molecule has 7 heteroatoms. The molecular formula is C20H24N2O4S. The highest BCUT2D eigenvalue weighted by molar-refractivity contribution is 7.92. The van der Waals surface area contributed by atoms with Crippen LogP contribution in [0.1, 0.15) is 36.1 Å². The number of carbonyl (C=O) groups excluding carboxylic acids is 1. The molecule has 0 fully saturated rings. The van der Waals surface area contributed by atoms with Crippen molar-refractivity contribution in [3.8, 4) is 0 Å². The average molecular weight is 388 g/mol. The fourth-order valence-corrected chi connectivity index (χ4v) is 4.88. The standard InChI is InChI=1S/C20H24N2O4S/c1-4-26-19(23)11-12-21-20-15-7-5-6-8-17(15)22(3)27(24,25)18-13-14(2)9-10-16(18)20/h5-10,13,20-21H,4,11-12H2,1-3H3. The Hall–Kier alpha value is -2.38. The molecule has 0 amide bonds. The molecule has 0 radical (unpaired) electrons. The minimum absolute atomic E-state index is 0.219. The molecule has 1 atom stereocenters. The Morgan fingerprint density at radius 2 is 1.93 bits per heavy atom. The number of nitrogens with zero attached hydrogens (tertiary/aromatic N) is 1. The molecule has 1 aliphatic rings. The summed E-state index contributed by atoms with van der Waals surface area (Å²) in [6.07, 6.45) is 0.219. The molecule has 2 aromatic carbocycles. The molecule has 1 aliphatic heterocycles. The number of hydrogen-bond acceptors (Lipinski definition) is 5. The van der Waals surface area contributed by atoms with Crippen LogP contribution in [0.2, 0.25) is 0 Å². The summed E-state index contributed by atoms with van der Waals surface area (Å²) in [5.74, 6) is -0.277. The van der Waals surface area contributed by atoms with Crippen LogP contribution in [0.25, 0.3) is 0 Å². The molecule has 0 spiro atoms. The molecular weight excluding hydrogens is 364 g/mol. The average Bonchev–Trinajstić information content (AvgIpc) is 2.71. The second-order valence-corrected chi connectivity index (χ2v) is 8.45. The van der Waals surface area contributed by atoms with Crippen LogP contribution in [-0.4, -0.2) is 34.6 Å². The van der Waals surface area contributed by atoms with E-state index in [0.29, 0.717) is 24.4 Å². The second-order valence-electron chi connectivity index (χ2n) is 6.51. The molecule has 0 aliphatic carbocycles. The first-order valence-corrected chi connectivity index (χ1v) is 10.4. The number of sulfonamides is 1. The Bertz CT molecular complexity index is 956. The lowest BCUT2D eigenvalue weighted by molar-refractivity contribution is -0.143. The minimum Gasteiger partial charge on any atom is -0.466 e. The fraction of sp³-hybridized carbons (Fsp3) is 0.350. The van der Waals surface area contributed by atoms with Crippen LogP contribution in [0.15, 0.2) is 47.4 Å². The van der Waals surface area contributed by atoms with Crippen molar-refractivity contribution in [1.82, 2.24) is 5.32 Å². The molecule has 1 unspecified atom stereocenters. The quantitative estimate of drug-likeness (QED) is 0.797. The molecule has 27 heavy (non-hydrogen) atoms. The third kappa shape index (κ3) is 3.70. The van der Waals surface area contributed by atoms with E-state index in [4.69, 9.17) is 4.74 Å². The Morgan fingerprint density at radius 3 is 2.67 bits per heavy atom. The number of rotatable bonds is 5. The first-order chi connectivity index (χ1) is 12.9. The van der Waals surface area contributed by atoms with Gasteiger partial charge in [-0.15, -0.1) is 0 Å². The SMILES string of the molecule is CCOC(=O)CCNC1c2ccccc2N(C)S(=O)(=O)c2cc(C)ccc21. The van der Waals surface area contributed by atoms with E-state index < -0.39 is 10.0 Å². The van der Waals surface area contributed by atoms with Crippen molar-refractivity contribution >= 4 is 21.7 Å². The summed E-state index contributed by atoms with van der Waals surface area (Å²) in [5, 5.41) is 3.35. The summed E-state index contributed by atoms with van der Waals surface area (Å²) in [6, 6.07) is 12.5. The zero-order valence-electron chi connectivity index (χ0n) is 15.7. The van der Waals surface area contributed by atoms with E-state index in [2.05, 4.69) is 5.32 Å². The Kier molecular flexibility index (Phi) is 5.53. The van der Waals surface area contributed by atoms with Crippen molar-refractivity contribution < 1.29 is 17.9 Å². The van der Waals surface area contributed by atoms with Crippen molar-refractivity contribution in [1.29, 1.82) is 0 Å². The number of benzene rings is 2. The van der Waals surface area contributed by atoms with E-state index in [1.165, 1.54) is 4.31 Å². The van der Waals surface area contributed by atoms with Crippen molar-refractivity contribution in [3.05, 3.63) is 59.2 Å². The van der Waals surface area contributed by atoms with Gasteiger partial charge in [-0.2, -0.15) is 0 Å². The Labute approximate surface area is 160 Å². The van der Waals surface area contributed by atoms with E-state index >= 15 is 0 Å². The van der Waals surface area contributed by atoms with Crippen LogP contribution in [0.3, 0.4) is 0 Å². The third-order valence-corrected chi connectivity index (χ3v) is 6.52. The van der Waals surface area contributed by atoms with Gasteiger partial charge < -0.3 is 10.1 Å². The van der Waals surface area contributed by atoms with Gasteiger partial charge in [0.05, 0.1) is 29.7 Å². The zero-order valence-corrected chi connectivity index (χ0v) is 16.5. The third-order valence-electron chi connectivity index (χ3n) is 4.69. The maximum absolute atomic E-state index is 13.2. The number of carbonyl (C=O) groups is 1. The predicted octanol–water partition coefficient (Wildman–Crippen LogP) is 2.77. The highest BCUT2D eigenvalue weighted by atomic mass is 32.2.